The summed E-state index contributed by atoms with van der Waals surface area (Å²) in [5.74, 6) is 0.412. The first kappa shape index (κ1) is 19.2. The Morgan fingerprint density at radius 1 is 1.14 bits per heavy atom. The largest absolute Gasteiger partial charge is 0.300 e. The number of Topliss-reactive ketones (excluding diaryl/α,β-unsaturated/α-hetero) is 1. The van der Waals surface area contributed by atoms with Gasteiger partial charge in [-0.15, -0.1) is 0 Å². The number of non-ortho nitro benzene ring substituents is 1. The van der Waals surface area contributed by atoms with E-state index in [-0.39, 0.29) is 10.6 Å². The lowest BCUT2D eigenvalue weighted by molar-refractivity contribution is -0.384. The molecule has 0 fully saturated rings. The van der Waals surface area contributed by atoms with Gasteiger partial charge in [-0.1, -0.05) is 13.8 Å². The molecular weight excluding hydrogens is 298 g/mol. The number of rotatable bonds is 6. The summed E-state index contributed by atoms with van der Waals surface area (Å²) < 4.78 is 29.5. The zero-order valence-electron chi connectivity index (χ0n) is 12.0. The Kier molecular flexibility index (Phi) is 8.41. The molecule has 1 N–H and O–H groups in total. The van der Waals surface area contributed by atoms with E-state index in [1.807, 2.05) is 13.8 Å². The van der Waals surface area contributed by atoms with Gasteiger partial charge in [0.1, 0.15) is 5.78 Å². The van der Waals surface area contributed by atoms with Crippen LogP contribution in [0.5, 0.6) is 0 Å². The van der Waals surface area contributed by atoms with Crippen LogP contribution in [-0.2, 0) is 14.9 Å². The summed E-state index contributed by atoms with van der Waals surface area (Å²) >= 11 is 0. The molecular formula is C13H19NO6S. The van der Waals surface area contributed by atoms with E-state index < -0.39 is 15.0 Å². The van der Waals surface area contributed by atoms with Crippen LogP contribution in [0, 0.1) is 10.1 Å². The third-order valence-electron chi connectivity index (χ3n) is 2.40. The molecule has 8 heteroatoms. The van der Waals surface area contributed by atoms with Crippen molar-refractivity contribution in [3.05, 3.63) is 34.4 Å². The highest BCUT2D eigenvalue weighted by atomic mass is 32.2. The second-order valence-corrected chi connectivity index (χ2v) is 5.69. The van der Waals surface area contributed by atoms with Gasteiger partial charge in [-0.25, -0.2) is 0 Å². The van der Waals surface area contributed by atoms with E-state index in [2.05, 4.69) is 0 Å². The predicted octanol–water partition coefficient (Wildman–Crippen LogP) is 3.00. The highest BCUT2D eigenvalue weighted by Crippen LogP contribution is 2.14. The Morgan fingerprint density at radius 3 is 1.86 bits per heavy atom. The fourth-order valence-corrected chi connectivity index (χ4v) is 1.90. The second kappa shape index (κ2) is 9.19. The van der Waals surface area contributed by atoms with Gasteiger partial charge in [-0.05, 0) is 25.0 Å². The average Bonchev–Trinajstić information content (AvgIpc) is 2.39. The number of nitrogens with zero attached hydrogens (tertiary/aromatic N) is 1. The lowest BCUT2D eigenvalue weighted by Crippen LogP contribution is -1.97. The molecule has 0 saturated carbocycles. The van der Waals surface area contributed by atoms with Crippen LogP contribution in [0.3, 0.4) is 0 Å². The van der Waals surface area contributed by atoms with Crippen molar-refractivity contribution in [2.45, 2.75) is 44.4 Å². The number of benzene rings is 1. The summed E-state index contributed by atoms with van der Waals surface area (Å²) in [6.45, 7) is 4.07. The SMILES string of the molecule is CCCC(=O)CCC.O=[N+]([O-])c1ccc(S(=O)(=O)O)cc1. The quantitative estimate of drug-likeness (QED) is 0.490. The molecule has 0 saturated heterocycles. The van der Waals surface area contributed by atoms with E-state index in [0.717, 1.165) is 49.9 Å². The molecule has 0 aromatic heterocycles. The van der Waals surface area contributed by atoms with E-state index in [0.29, 0.717) is 5.78 Å². The summed E-state index contributed by atoms with van der Waals surface area (Å²) in [5, 5.41) is 10.2. The monoisotopic (exact) mass is 317 g/mol. The van der Waals surface area contributed by atoms with Crippen molar-refractivity contribution in [1.29, 1.82) is 0 Å². The lowest BCUT2D eigenvalue weighted by Gasteiger charge is -1.94. The van der Waals surface area contributed by atoms with Crippen LogP contribution in [0.2, 0.25) is 0 Å². The lowest BCUT2D eigenvalue weighted by atomic mass is 10.1. The fourth-order valence-electron chi connectivity index (χ4n) is 1.42. The van der Waals surface area contributed by atoms with Crippen LogP contribution in [0.15, 0.2) is 29.2 Å². The van der Waals surface area contributed by atoms with E-state index >= 15 is 0 Å². The van der Waals surface area contributed by atoms with Crippen molar-refractivity contribution in [2.24, 2.45) is 0 Å². The zero-order chi connectivity index (χ0) is 16.5. The minimum Gasteiger partial charge on any atom is -0.300 e. The van der Waals surface area contributed by atoms with Crippen molar-refractivity contribution in [3.63, 3.8) is 0 Å². The Bertz CT molecular complexity index is 557. The average molecular weight is 317 g/mol. The number of nitro benzene ring substituents is 1. The second-order valence-electron chi connectivity index (χ2n) is 4.26. The van der Waals surface area contributed by atoms with Gasteiger partial charge >= 0.3 is 0 Å². The van der Waals surface area contributed by atoms with E-state index in [4.69, 9.17) is 4.55 Å². The molecule has 0 spiro atoms. The number of nitro groups is 1. The molecule has 1 aromatic rings. The third-order valence-corrected chi connectivity index (χ3v) is 3.27. The van der Waals surface area contributed by atoms with Crippen LogP contribution in [0.25, 0.3) is 0 Å². The van der Waals surface area contributed by atoms with E-state index in [1.165, 1.54) is 0 Å². The van der Waals surface area contributed by atoms with Gasteiger partial charge in [-0.3, -0.25) is 19.5 Å². The summed E-state index contributed by atoms with van der Waals surface area (Å²) in [7, 11) is -4.27. The first-order valence-corrected chi connectivity index (χ1v) is 7.90. The molecule has 0 aliphatic carbocycles. The number of carbonyl (C=O) groups excluding carboxylic acids is 1. The summed E-state index contributed by atoms with van der Waals surface area (Å²) in [6.07, 6.45) is 3.54. The molecule has 1 aromatic carbocycles. The van der Waals surface area contributed by atoms with Crippen molar-refractivity contribution in [1.82, 2.24) is 0 Å². The number of hydrogen-bond donors (Lipinski definition) is 1. The first-order valence-electron chi connectivity index (χ1n) is 6.46. The highest BCUT2D eigenvalue weighted by Gasteiger charge is 2.11. The maximum Gasteiger partial charge on any atom is 0.294 e. The minimum absolute atomic E-state index is 0.229. The van der Waals surface area contributed by atoms with Crippen LogP contribution in [0.4, 0.5) is 5.69 Å². The molecule has 0 aliphatic heterocycles. The van der Waals surface area contributed by atoms with Crippen LogP contribution in [-0.4, -0.2) is 23.7 Å². The Morgan fingerprint density at radius 2 is 1.57 bits per heavy atom. The number of ketones is 1. The minimum atomic E-state index is -4.27. The predicted molar refractivity (Wildman–Crippen MR) is 77.7 cm³/mol. The molecule has 0 atom stereocenters. The number of carbonyl (C=O) groups is 1. The van der Waals surface area contributed by atoms with Gasteiger partial charge in [0.2, 0.25) is 0 Å². The summed E-state index contributed by atoms with van der Waals surface area (Å²) in [5.41, 5.74) is -0.229. The van der Waals surface area contributed by atoms with E-state index in [9.17, 15) is 23.3 Å². The maximum absolute atomic E-state index is 10.6. The van der Waals surface area contributed by atoms with Crippen LogP contribution >= 0.6 is 0 Å². The molecule has 0 amide bonds. The molecule has 21 heavy (non-hydrogen) atoms. The van der Waals surface area contributed by atoms with Gasteiger partial charge in [0.15, 0.2) is 0 Å². The third kappa shape index (κ3) is 8.16. The van der Waals surface area contributed by atoms with Crippen molar-refractivity contribution >= 4 is 21.6 Å². The maximum atomic E-state index is 10.6. The molecule has 0 radical (unpaired) electrons. The standard InChI is InChI=1S/C7H14O.C6H5NO5S/c1-3-5-7(8)6-4-2;8-7(9)5-1-3-6(4-2-5)13(10,11)12/h3-6H2,1-2H3;1-4H,(H,10,11,12). The summed E-state index contributed by atoms with van der Waals surface area (Å²) in [6, 6.07) is 3.94. The first-order chi connectivity index (χ1) is 9.72. The Balaban J connectivity index is 0.000000433. The highest BCUT2D eigenvalue weighted by molar-refractivity contribution is 7.85. The van der Waals surface area contributed by atoms with Crippen molar-refractivity contribution in [2.75, 3.05) is 0 Å². The zero-order valence-corrected chi connectivity index (χ0v) is 12.8. The fraction of sp³-hybridized carbons (Fsp3) is 0.462. The van der Waals surface area contributed by atoms with Gasteiger partial charge in [-0.2, -0.15) is 8.42 Å². The Labute approximate surface area is 123 Å². The molecule has 0 aliphatic rings. The molecule has 1 rings (SSSR count). The molecule has 0 heterocycles. The van der Waals surface area contributed by atoms with Crippen LogP contribution in [0.1, 0.15) is 39.5 Å². The summed E-state index contributed by atoms with van der Waals surface area (Å²) in [4.78, 5) is 19.8. The molecule has 118 valence electrons. The van der Waals surface area contributed by atoms with Gasteiger partial charge in [0.25, 0.3) is 15.8 Å². The molecule has 7 nitrogen and oxygen atoms in total. The smallest absolute Gasteiger partial charge is 0.294 e. The van der Waals surface area contributed by atoms with Gasteiger partial charge in [0, 0.05) is 25.0 Å². The Hall–Kier alpha value is -1.80. The molecule has 0 unspecified atom stereocenters. The van der Waals surface area contributed by atoms with Gasteiger partial charge in [0.05, 0.1) is 9.82 Å². The van der Waals surface area contributed by atoms with Crippen molar-refractivity contribution in [3.8, 4) is 0 Å². The van der Waals surface area contributed by atoms with E-state index in [1.54, 1.807) is 0 Å². The number of hydrogen-bond acceptors (Lipinski definition) is 5. The molecule has 0 bridgehead atoms. The van der Waals surface area contributed by atoms with Crippen molar-refractivity contribution < 1.29 is 22.7 Å². The van der Waals surface area contributed by atoms with Crippen LogP contribution < -0.4 is 0 Å². The topological polar surface area (TPSA) is 115 Å². The normalized spacial score (nSPS) is 10.4. The van der Waals surface area contributed by atoms with Gasteiger partial charge < -0.3 is 0 Å².